The molecule has 0 aliphatic rings. The van der Waals surface area contributed by atoms with Crippen LogP contribution < -0.4 is 10.6 Å². The third-order valence-corrected chi connectivity index (χ3v) is 3.93. The van der Waals surface area contributed by atoms with Gasteiger partial charge in [0.25, 0.3) is 0 Å². The highest BCUT2D eigenvalue weighted by Gasteiger charge is 2.05. The SMILES string of the molecule is CCCNC(C)Cc1cc(CCNC(C)C)cs1. The Balaban J connectivity index is 2.29. The van der Waals surface area contributed by atoms with Crippen LogP contribution in [0.1, 0.15) is 44.6 Å². The van der Waals surface area contributed by atoms with Crippen molar-refractivity contribution in [2.24, 2.45) is 0 Å². The average molecular weight is 268 g/mol. The molecule has 0 aliphatic heterocycles. The van der Waals surface area contributed by atoms with E-state index in [1.165, 1.54) is 16.9 Å². The van der Waals surface area contributed by atoms with Crippen molar-refractivity contribution < 1.29 is 0 Å². The second-order valence-corrected chi connectivity index (χ2v) is 6.34. The average Bonchev–Trinajstić information content (AvgIpc) is 2.73. The Morgan fingerprint density at radius 2 is 1.94 bits per heavy atom. The van der Waals surface area contributed by atoms with Crippen molar-refractivity contribution >= 4 is 11.3 Å². The van der Waals surface area contributed by atoms with E-state index >= 15 is 0 Å². The van der Waals surface area contributed by atoms with Crippen molar-refractivity contribution in [2.75, 3.05) is 13.1 Å². The molecule has 104 valence electrons. The number of hydrogen-bond donors (Lipinski definition) is 2. The zero-order valence-electron chi connectivity index (χ0n) is 12.3. The minimum atomic E-state index is 0.585. The molecule has 0 spiro atoms. The second-order valence-electron chi connectivity index (χ2n) is 5.34. The summed E-state index contributed by atoms with van der Waals surface area (Å²) in [6.07, 6.45) is 3.51. The maximum Gasteiger partial charge on any atom is 0.00870 e. The second kappa shape index (κ2) is 8.68. The molecule has 2 N–H and O–H groups in total. The van der Waals surface area contributed by atoms with Crippen LogP contribution in [0.4, 0.5) is 0 Å². The van der Waals surface area contributed by atoms with E-state index in [0.717, 1.165) is 25.9 Å². The first-order valence-electron chi connectivity index (χ1n) is 7.14. The summed E-state index contributed by atoms with van der Waals surface area (Å²) in [6, 6.07) is 3.54. The molecule has 0 bridgehead atoms. The largest absolute Gasteiger partial charge is 0.314 e. The van der Waals surface area contributed by atoms with Gasteiger partial charge in [-0.2, -0.15) is 0 Å². The van der Waals surface area contributed by atoms with Crippen molar-refractivity contribution in [1.82, 2.24) is 10.6 Å². The highest BCUT2D eigenvalue weighted by atomic mass is 32.1. The molecule has 2 nitrogen and oxygen atoms in total. The number of thiophene rings is 1. The van der Waals surface area contributed by atoms with Crippen LogP contribution in [0, 0.1) is 0 Å². The van der Waals surface area contributed by atoms with Gasteiger partial charge in [-0.25, -0.2) is 0 Å². The maximum atomic E-state index is 3.54. The highest BCUT2D eigenvalue weighted by molar-refractivity contribution is 7.10. The van der Waals surface area contributed by atoms with Crippen LogP contribution in [0.5, 0.6) is 0 Å². The van der Waals surface area contributed by atoms with Crippen molar-refractivity contribution in [3.05, 3.63) is 21.9 Å². The summed E-state index contributed by atoms with van der Waals surface area (Å²) in [5.41, 5.74) is 1.48. The first kappa shape index (κ1) is 15.7. The molecule has 0 aliphatic carbocycles. The van der Waals surface area contributed by atoms with Gasteiger partial charge in [-0.3, -0.25) is 0 Å². The Morgan fingerprint density at radius 1 is 1.17 bits per heavy atom. The predicted molar refractivity (Wildman–Crippen MR) is 82.6 cm³/mol. The topological polar surface area (TPSA) is 24.1 Å². The van der Waals surface area contributed by atoms with Crippen molar-refractivity contribution in [1.29, 1.82) is 0 Å². The fraction of sp³-hybridized carbons (Fsp3) is 0.733. The molecule has 0 saturated heterocycles. The molecule has 0 saturated carbocycles. The first-order valence-corrected chi connectivity index (χ1v) is 8.02. The van der Waals surface area contributed by atoms with E-state index in [2.05, 4.69) is 49.8 Å². The first-order chi connectivity index (χ1) is 8.61. The standard InChI is InChI=1S/C15H28N2S/c1-5-7-17-13(4)9-15-10-14(11-18-15)6-8-16-12(2)3/h10-13,16-17H,5-9H2,1-4H3. The normalized spacial score (nSPS) is 13.2. The molecule has 18 heavy (non-hydrogen) atoms. The third kappa shape index (κ3) is 6.53. The summed E-state index contributed by atoms with van der Waals surface area (Å²) in [7, 11) is 0. The summed E-state index contributed by atoms with van der Waals surface area (Å²) in [5.74, 6) is 0. The van der Waals surface area contributed by atoms with Crippen LogP contribution in [-0.2, 0) is 12.8 Å². The molecule has 1 heterocycles. The van der Waals surface area contributed by atoms with Crippen molar-refractivity contribution in [2.45, 2.75) is 59.0 Å². The highest BCUT2D eigenvalue weighted by Crippen LogP contribution is 2.17. The summed E-state index contributed by atoms with van der Waals surface area (Å²) >= 11 is 1.90. The Kier molecular flexibility index (Phi) is 7.56. The van der Waals surface area contributed by atoms with Gasteiger partial charge in [0, 0.05) is 17.0 Å². The fourth-order valence-corrected chi connectivity index (χ4v) is 2.99. The van der Waals surface area contributed by atoms with Crippen LogP contribution in [-0.4, -0.2) is 25.2 Å². The lowest BCUT2D eigenvalue weighted by atomic mass is 10.1. The molecule has 1 aromatic heterocycles. The Morgan fingerprint density at radius 3 is 2.61 bits per heavy atom. The van der Waals surface area contributed by atoms with Crippen LogP contribution >= 0.6 is 11.3 Å². The van der Waals surface area contributed by atoms with Crippen molar-refractivity contribution in [3.63, 3.8) is 0 Å². The summed E-state index contributed by atoms with van der Waals surface area (Å²) in [4.78, 5) is 1.51. The number of hydrogen-bond acceptors (Lipinski definition) is 3. The molecule has 0 radical (unpaired) electrons. The fourth-order valence-electron chi connectivity index (χ4n) is 1.93. The van der Waals surface area contributed by atoms with Crippen LogP contribution in [0.3, 0.4) is 0 Å². The van der Waals surface area contributed by atoms with Gasteiger partial charge in [-0.05, 0) is 56.3 Å². The van der Waals surface area contributed by atoms with Gasteiger partial charge in [0.1, 0.15) is 0 Å². The predicted octanol–water partition coefficient (Wildman–Crippen LogP) is 3.22. The van der Waals surface area contributed by atoms with Crippen molar-refractivity contribution in [3.8, 4) is 0 Å². The Labute approximate surface area is 116 Å². The molecular weight excluding hydrogens is 240 g/mol. The van der Waals surface area contributed by atoms with E-state index in [1.807, 2.05) is 11.3 Å². The zero-order valence-corrected chi connectivity index (χ0v) is 13.1. The van der Waals surface area contributed by atoms with Gasteiger partial charge in [-0.1, -0.05) is 20.8 Å². The zero-order chi connectivity index (χ0) is 13.4. The number of rotatable bonds is 9. The molecule has 0 aromatic carbocycles. The van der Waals surface area contributed by atoms with E-state index in [-0.39, 0.29) is 0 Å². The maximum absolute atomic E-state index is 3.54. The van der Waals surface area contributed by atoms with E-state index < -0.39 is 0 Å². The van der Waals surface area contributed by atoms with E-state index in [4.69, 9.17) is 0 Å². The molecule has 0 fully saturated rings. The van der Waals surface area contributed by atoms with Crippen LogP contribution in [0.25, 0.3) is 0 Å². The van der Waals surface area contributed by atoms with Gasteiger partial charge in [-0.15, -0.1) is 11.3 Å². The van der Waals surface area contributed by atoms with Gasteiger partial charge in [0.2, 0.25) is 0 Å². The van der Waals surface area contributed by atoms with Gasteiger partial charge >= 0.3 is 0 Å². The lowest BCUT2D eigenvalue weighted by Gasteiger charge is -2.11. The minimum absolute atomic E-state index is 0.585. The summed E-state index contributed by atoms with van der Waals surface area (Å²) < 4.78 is 0. The Hall–Kier alpha value is -0.380. The number of nitrogens with one attached hydrogen (secondary N) is 2. The molecule has 1 unspecified atom stereocenters. The lowest BCUT2D eigenvalue weighted by Crippen LogP contribution is -2.28. The Bertz CT molecular complexity index is 320. The minimum Gasteiger partial charge on any atom is -0.314 e. The van der Waals surface area contributed by atoms with Gasteiger partial charge in [0.15, 0.2) is 0 Å². The smallest absolute Gasteiger partial charge is 0.00870 e. The van der Waals surface area contributed by atoms with E-state index in [0.29, 0.717) is 12.1 Å². The molecule has 3 heteroatoms. The summed E-state index contributed by atoms with van der Waals surface area (Å²) in [6.45, 7) is 11.1. The lowest BCUT2D eigenvalue weighted by molar-refractivity contribution is 0.546. The van der Waals surface area contributed by atoms with Gasteiger partial charge < -0.3 is 10.6 Å². The molecule has 0 amide bonds. The van der Waals surface area contributed by atoms with E-state index in [9.17, 15) is 0 Å². The van der Waals surface area contributed by atoms with E-state index in [1.54, 1.807) is 0 Å². The molecular formula is C15H28N2S. The van der Waals surface area contributed by atoms with Crippen LogP contribution in [0.15, 0.2) is 11.4 Å². The van der Waals surface area contributed by atoms with Crippen LogP contribution in [0.2, 0.25) is 0 Å². The molecule has 1 rings (SSSR count). The quantitative estimate of drug-likeness (QED) is 0.718. The molecule has 1 atom stereocenters. The summed E-state index contributed by atoms with van der Waals surface area (Å²) in [5, 5.41) is 9.32. The monoisotopic (exact) mass is 268 g/mol. The molecule has 1 aromatic rings. The van der Waals surface area contributed by atoms with Gasteiger partial charge in [0.05, 0.1) is 0 Å². The third-order valence-electron chi connectivity index (χ3n) is 2.92.